The minimum Gasteiger partial charge on any atom is -0.460 e. The van der Waals surface area contributed by atoms with Crippen LogP contribution >= 0.6 is 34.4 Å². The molecule has 2 rings (SSSR count). The molecule has 0 aliphatic rings. The normalized spacial score (nSPS) is 10.5. The summed E-state index contributed by atoms with van der Waals surface area (Å²) < 4.78 is 10.0. The molecule has 9 nitrogen and oxygen atoms in total. The molecule has 0 aromatic carbocycles. The van der Waals surface area contributed by atoms with Crippen LogP contribution in [0.3, 0.4) is 0 Å². The van der Waals surface area contributed by atoms with E-state index in [1.807, 2.05) is 13.8 Å². The maximum atomic E-state index is 11.5. The minimum absolute atomic E-state index is 0.328. The van der Waals surface area contributed by atoms with Gasteiger partial charge in [0.1, 0.15) is 16.0 Å². The molecule has 0 fully saturated rings. The van der Waals surface area contributed by atoms with Crippen molar-refractivity contribution in [1.29, 1.82) is 0 Å². The molecule has 0 aliphatic carbocycles. The summed E-state index contributed by atoms with van der Waals surface area (Å²) >= 11 is 4.07. The molecule has 0 aliphatic heterocycles. The zero-order chi connectivity index (χ0) is 23.1. The van der Waals surface area contributed by atoms with E-state index in [9.17, 15) is 9.59 Å². The Morgan fingerprint density at radius 1 is 0.871 bits per heavy atom. The number of unbranched alkanes of at least 4 members (excludes halogenated alkanes) is 3. The third-order valence-electron chi connectivity index (χ3n) is 3.61. The van der Waals surface area contributed by atoms with Crippen LogP contribution in [0.25, 0.3) is 0 Å². The molecule has 0 N–H and O–H groups in total. The van der Waals surface area contributed by atoms with Crippen molar-refractivity contribution in [1.82, 2.24) is 25.3 Å². The number of carbonyl (C=O) groups is 2. The molecule has 0 saturated heterocycles. The van der Waals surface area contributed by atoms with Gasteiger partial charge in [-0.1, -0.05) is 42.4 Å². The second kappa shape index (κ2) is 16.1. The molecular formula is C19H31N5O4S3. The zero-order valence-corrected chi connectivity index (χ0v) is 21.2. The molecule has 0 amide bonds. The van der Waals surface area contributed by atoms with E-state index in [2.05, 4.69) is 39.4 Å². The zero-order valence-electron chi connectivity index (χ0n) is 18.8. The first-order valence-electron chi connectivity index (χ1n) is 10.00. The summed E-state index contributed by atoms with van der Waals surface area (Å²) in [5.74, 6) is 0.580. The van der Waals surface area contributed by atoms with Crippen molar-refractivity contribution in [2.75, 3.05) is 38.9 Å². The van der Waals surface area contributed by atoms with Gasteiger partial charge in [0.2, 0.25) is 10.0 Å². The molecule has 2 aromatic heterocycles. The highest BCUT2D eigenvalue weighted by atomic mass is 32.2. The van der Waals surface area contributed by atoms with Gasteiger partial charge in [-0.2, -0.15) is 0 Å². The molecule has 0 spiro atoms. The van der Waals surface area contributed by atoms with Gasteiger partial charge in [0, 0.05) is 0 Å². The summed E-state index contributed by atoms with van der Waals surface area (Å²) in [6.45, 7) is 7.21. The summed E-state index contributed by atoms with van der Waals surface area (Å²) in [7, 11) is 4.15. The van der Waals surface area contributed by atoms with E-state index in [1.165, 1.54) is 35.5 Å². The number of ether oxygens (including phenoxy) is 2. The van der Waals surface area contributed by atoms with Gasteiger partial charge in [0.25, 0.3) is 0 Å². The van der Waals surface area contributed by atoms with Gasteiger partial charge in [-0.3, -0.25) is 0 Å². The van der Waals surface area contributed by atoms with E-state index in [4.69, 9.17) is 9.47 Å². The Hall–Kier alpha value is -1.63. The number of thioether (sulfide) groups is 1. The van der Waals surface area contributed by atoms with Crippen molar-refractivity contribution in [2.45, 2.75) is 46.5 Å². The first kappa shape index (κ1) is 27.4. The molecule has 0 radical (unpaired) electrons. The average molecular weight is 490 g/mol. The lowest BCUT2D eigenvalue weighted by atomic mass is 10.2. The van der Waals surface area contributed by atoms with Crippen LogP contribution in [0.15, 0.2) is 0 Å². The molecule has 2 heterocycles. The van der Waals surface area contributed by atoms with Crippen molar-refractivity contribution >= 4 is 46.4 Å². The van der Waals surface area contributed by atoms with Gasteiger partial charge in [-0.05, 0) is 53.1 Å². The van der Waals surface area contributed by atoms with Crippen molar-refractivity contribution in [3.63, 3.8) is 0 Å². The Balaban J connectivity index is 0.000000327. The fourth-order valence-electron chi connectivity index (χ4n) is 2.11. The molecule has 0 atom stereocenters. The minimum atomic E-state index is -0.383. The average Bonchev–Trinajstić information content (AvgIpc) is 3.36. The molecule has 0 unspecified atom stereocenters. The van der Waals surface area contributed by atoms with Crippen molar-refractivity contribution in [3.8, 4) is 0 Å². The Morgan fingerprint density at radius 3 is 1.90 bits per heavy atom. The fraction of sp³-hybridized carbons (Fsp3) is 0.684. The predicted octanol–water partition coefficient (Wildman–Crippen LogP) is 3.84. The number of hydrogen-bond acceptors (Lipinski definition) is 12. The highest BCUT2D eigenvalue weighted by molar-refractivity contribution is 7.99. The van der Waals surface area contributed by atoms with Gasteiger partial charge in [-0.15, -0.1) is 32.2 Å². The van der Waals surface area contributed by atoms with Crippen LogP contribution in [-0.2, 0) is 9.47 Å². The number of carbonyl (C=O) groups excluding carboxylic acids is 2. The van der Waals surface area contributed by atoms with Crippen LogP contribution in [0.1, 0.15) is 62.2 Å². The Morgan fingerprint density at radius 2 is 1.42 bits per heavy atom. The Bertz CT molecular complexity index is 782. The Labute approximate surface area is 195 Å². The lowest BCUT2D eigenvalue weighted by Crippen LogP contribution is -2.12. The molecule has 174 valence electrons. The van der Waals surface area contributed by atoms with Crippen molar-refractivity contribution in [3.05, 3.63) is 20.0 Å². The van der Waals surface area contributed by atoms with Gasteiger partial charge >= 0.3 is 11.9 Å². The third-order valence-corrected chi connectivity index (χ3v) is 5.94. The van der Waals surface area contributed by atoms with Crippen molar-refractivity contribution in [2.24, 2.45) is 0 Å². The van der Waals surface area contributed by atoms with Crippen LogP contribution in [0.4, 0.5) is 0 Å². The van der Waals surface area contributed by atoms with Crippen LogP contribution in [0, 0.1) is 13.8 Å². The van der Waals surface area contributed by atoms with Crippen LogP contribution in [0.2, 0.25) is 0 Å². The lowest BCUT2D eigenvalue weighted by molar-refractivity contribution is 0.0495. The number of aryl methyl sites for hydroxylation is 2. The maximum absolute atomic E-state index is 11.5. The maximum Gasteiger partial charge on any atom is 0.370 e. The second-order valence-electron chi connectivity index (χ2n) is 6.65. The number of nitrogens with zero attached hydrogens (tertiary/aromatic N) is 5. The van der Waals surface area contributed by atoms with Gasteiger partial charge in [0.05, 0.1) is 6.61 Å². The monoisotopic (exact) mass is 489 g/mol. The largest absolute Gasteiger partial charge is 0.460 e. The summed E-state index contributed by atoms with van der Waals surface area (Å²) in [6.07, 6.45) is 4.37. The molecule has 0 saturated carbocycles. The predicted molar refractivity (Wildman–Crippen MR) is 125 cm³/mol. The summed E-state index contributed by atoms with van der Waals surface area (Å²) in [5, 5.41) is 17.2. The number of rotatable bonds is 12. The van der Waals surface area contributed by atoms with Gasteiger partial charge in [-0.25, -0.2) is 9.59 Å². The SMILES string of the molecule is CCSCOC(=O)c1nnc(C)s1.Cc1nnc(C(=O)OCCCCCCN(C)C)s1. The van der Waals surface area contributed by atoms with E-state index < -0.39 is 0 Å². The van der Waals surface area contributed by atoms with E-state index in [0.717, 1.165) is 35.2 Å². The van der Waals surface area contributed by atoms with E-state index in [-0.39, 0.29) is 11.9 Å². The fourth-order valence-corrected chi connectivity index (χ4v) is 3.64. The quantitative estimate of drug-likeness (QED) is 0.248. The Kier molecular flexibility index (Phi) is 14.2. The topological polar surface area (TPSA) is 107 Å². The number of esters is 2. The molecule has 2 aromatic rings. The standard InChI is InChI=1S/C12H21N3O2S.C7H10N2O2S2/c1-10-13-14-11(18-10)12(16)17-9-7-5-4-6-8-15(2)3;1-3-12-4-11-7(10)6-9-8-5(2)13-6/h4-9H2,1-3H3;3-4H2,1-2H3. The molecule has 12 heteroatoms. The first-order chi connectivity index (χ1) is 14.8. The van der Waals surface area contributed by atoms with Crippen LogP contribution in [0.5, 0.6) is 0 Å². The lowest BCUT2D eigenvalue weighted by Gasteiger charge is -2.08. The van der Waals surface area contributed by atoms with Crippen LogP contribution in [-0.4, -0.2) is 76.2 Å². The van der Waals surface area contributed by atoms with E-state index >= 15 is 0 Å². The van der Waals surface area contributed by atoms with Gasteiger partial charge in [0.15, 0.2) is 0 Å². The second-order valence-corrected chi connectivity index (χ2v) is 10.2. The first-order valence-corrected chi connectivity index (χ1v) is 12.8. The summed E-state index contributed by atoms with van der Waals surface area (Å²) in [5.41, 5.74) is 0. The van der Waals surface area contributed by atoms with Gasteiger partial charge < -0.3 is 14.4 Å². The van der Waals surface area contributed by atoms with E-state index in [1.54, 1.807) is 18.7 Å². The highest BCUT2D eigenvalue weighted by Gasteiger charge is 2.12. The summed E-state index contributed by atoms with van der Waals surface area (Å²) in [6, 6.07) is 0. The van der Waals surface area contributed by atoms with E-state index in [0.29, 0.717) is 22.6 Å². The number of hydrogen-bond donors (Lipinski definition) is 0. The molecule has 31 heavy (non-hydrogen) atoms. The molecular weight excluding hydrogens is 458 g/mol. The summed E-state index contributed by atoms with van der Waals surface area (Å²) in [4.78, 5) is 24.9. The molecule has 0 bridgehead atoms. The third kappa shape index (κ3) is 12.7. The van der Waals surface area contributed by atoms with Crippen molar-refractivity contribution < 1.29 is 19.1 Å². The van der Waals surface area contributed by atoms with Crippen LogP contribution < -0.4 is 0 Å². The highest BCUT2D eigenvalue weighted by Crippen LogP contribution is 2.11. The number of aromatic nitrogens is 4. The smallest absolute Gasteiger partial charge is 0.370 e.